The first kappa shape index (κ1) is 20.1. The standard InChI is InChI=1S/C24H30N2O2S/c1-23(2)17-11-12-24(23,3)20(15-17)26-21(27)18(14-16-8-5-4-6-9-16)25-22(28)19-10-7-13-29-19/h4-10,13,17-18,20H,11-12,14-15H2,1-3H3,(H,25,28)(H,26,27)/t17-,18+,20-,24-/m1/s1. The maximum absolute atomic E-state index is 13.3. The Morgan fingerprint density at radius 2 is 1.90 bits per heavy atom. The van der Waals surface area contributed by atoms with Crippen LogP contribution in [-0.4, -0.2) is 23.9 Å². The van der Waals surface area contributed by atoms with Crippen molar-refractivity contribution >= 4 is 23.2 Å². The number of carbonyl (C=O) groups is 2. The molecule has 2 aliphatic carbocycles. The first-order chi connectivity index (χ1) is 13.8. The smallest absolute Gasteiger partial charge is 0.262 e. The van der Waals surface area contributed by atoms with Gasteiger partial charge in [-0.1, -0.05) is 57.2 Å². The fraction of sp³-hybridized carbons (Fsp3) is 0.500. The van der Waals surface area contributed by atoms with Crippen LogP contribution in [0.1, 0.15) is 55.3 Å². The van der Waals surface area contributed by atoms with E-state index in [-0.39, 0.29) is 28.7 Å². The van der Waals surface area contributed by atoms with Gasteiger partial charge in [0.25, 0.3) is 5.91 Å². The Morgan fingerprint density at radius 3 is 2.48 bits per heavy atom. The summed E-state index contributed by atoms with van der Waals surface area (Å²) in [6.07, 6.45) is 3.92. The molecule has 2 fully saturated rings. The van der Waals surface area contributed by atoms with Crippen molar-refractivity contribution in [2.24, 2.45) is 16.7 Å². The van der Waals surface area contributed by atoms with Crippen LogP contribution in [0.3, 0.4) is 0 Å². The summed E-state index contributed by atoms with van der Waals surface area (Å²) in [5, 5.41) is 8.18. The molecule has 0 aliphatic heterocycles. The number of amides is 2. The van der Waals surface area contributed by atoms with Crippen LogP contribution in [0.5, 0.6) is 0 Å². The van der Waals surface area contributed by atoms with E-state index in [4.69, 9.17) is 0 Å². The molecule has 0 spiro atoms. The van der Waals surface area contributed by atoms with Gasteiger partial charge in [-0.05, 0) is 53.0 Å². The molecule has 0 radical (unpaired) electrons. The largest absolute Gasteiger partial charge is 0.351 e. The summed E-state index contributed by atoms with van der Waals surface area (Å²) in [6, 6.07) is 13.1. The third-order valence-electron chi connectivity index (χ3n) is 7.76. The summed E-state index contributed by atoms with van der Waals surface area (Å²) in [7, 11) is 0. The highest BCUT2D eigenvalue weighted by Crippen LogP contribution is 2.65. The van der Waals surface area contributed by atoms with E-state index in [0.29, 0.717) is 17.2 Å². The number of rotatable bonds is 6. The lowest BCUT2D eigenvalue weighted by Gasteiger charge is -2.40. The molecule has 1 heterocycles. The Balaban J connectivity index is 1.51. The number of benzene rings is 1. The molecule has 2 N–H and O–H groups in total. The van der Waals surface area contributed by atoms with Crippen LogP contribution < -0.4 is 10.6 Å². The number of hydrogen-bond donors (Lipinski definition) is 2. The fourth-order valence-electron chi connectivity index (χ4n) is 5.39. The van der Waals surface area contributed by atoms with Gasteiger partial charge in [0, 0.05) is 12.5 Å². The number of carbonyl (C=O) groups excluding carboxylic acids is 2. The van der Waals surface area contributed by atoms with Crippen LogP contribution >= 0.6 is 11.3 Å². The first-order valence-corrected chi connectivity index (χ1v) is 11.4. The molecule has 1 aromatic heterocycles. The van der Waals surface area contributed by atoms with Crippen molar-refractivity contribution in [2.45, 2.75) is 58.5 Å². The zero-order valence-corrected chi connectivity index (χ0v) is 18.2. The molecule has 4 atom stereocenters. The molecule has 0 saturated heterocycles. The molecule has 2 aliphatic rings. The van der Waals surface area contributed by atoms with Gasteiger partial charge in [-0.15, -0.1) is 11.3 Å². The van der Waals surface area contributed by atoms with Crippen molar-refractivity contribution in [1.82, 2.24) is 10.6 Å². The minimum Gasteiger partial charge on any atom is -0.351 e. The Kier molecular flexibility index (Phi) is 5.28. The minimum atomic E-state index is -0.585. The highest BCUT2D eigenvalue weighted by molar-refractivity contribution is 7.12. The van der Waals surface area contributed by atoms with Gasteiger partial charge in [0.1, 0.15) is 6.04 Å². The maximum atomic E-state index is 13.3. The second kappa shape index (κ2) is 7.60. The SMILES string of the molecule is CC1(C)[C@@H]2CC[C@]1(C)[C@H](NC(=O)[C@H](Cc1ccccc1)NC(=O)c1cccs1)C2. The molecule has 154 valence electrons. The molecule has 4 nitrogen and oxygen atoms in total. The van der Waals surface area contributed by atoms with Gasteiger partial charge >= 0.3 is 0 Å². The van der Waals surface area contributed by atoms with E-state index in [1.54, 1.807) is 6.07 Å². The van der Waals surface area contributed by atoms with E-state index in [0.717, 1.165) is 18.4 Å². The zero-order chi connectivity index (χ0) is 20.6. The summed E-state index contributed by atoms with van der Waals surface area (Å²) < 4.78 is 0. The lowest BCUT2D eigenvalue weighted by atomic mass is 9.69. The van der Waals surface area contributed by atoms with Gasteiger partial charge < -0.3 is 10.6 Å². The van der Waals surface area contributed by atoms with Crippen LogP contribution in [0, 0.1) is 16.7 Å². The lowest BCUT2D eigenvalue weighted by Crippen LogP contribution is -2.54. The molecule has 0 unspecified atom stereocenters. The predicted molar refractivity (Wildman–Crippen MR) is 117 cm³/mol. The average molecular weight is 411 g/mol. The van der Waals surface area contributed by atoms with Crippen LogP contribution in [0.4, 0.5) is 0 Å². The van der Waals surface area contributed by atoms with Crippen molar-refractivity contribution in [2.75, 3.05) is 0 Å². The fourth-order valence-corrected chi connectivity index (χ4v) is 6.02. The van der Waals surface area contributed by atoms with E-state index in [1.807, 2.05) is 41.8 Å². The van der Waals surface area contributed by atoms with Crippen LogP contribution in [0.15, 0.2) is 47.8 Å². The van der Waals surface area contributed by atoms with Gasteiger partial charge in [-0.25, -0.2) is 0 Å². The summed E-state index contributed by atoms with van der Waals surface area (Å²) in [4.78, 5) is 26.6. The lowest BCUT2D eigenvalue weighted by molar-refractivity contribution is -0.124. The van der Waals surface area contributed by atoms with Gasteiger partial charge in [-0.2, -0.15) is 0 Å². The number of thiophene rings is 1. The molecule has 2 amide bonds. The van der Waals surface area contributed by atoms with Crippen molar-refractivity contribution in [3.05, 3.63) is 58.3 Å². The molecular formula is C24H30N2O2S. The second-order valence-corrected chi connectivity index (χ2v) is 10.3. The second-order valence-electron chi connectivity index (χ2n) is 9.36. The molecular weight excluding hydrogens is 380 g/mol. The number of hydrogen-bond acceptors (Lipinski definition) is 3. The monoisotopic (exact) mass is 410 g/mol. The zero-order valence-electron chi connectivity index (χ0n) is 17.4. The highest BCUT2D eigenvalue weighted by Gasteiger charge is 2.61. The molecule has 29 heavy (non-hydrogen) atoms. The summed E-state index contributed by atoms with van der Waals surface area (Å²) in [5.41, 5.74) is 1.39. The van der Waals surface area contributed by atoms with E-state index in [2.05, 4.69) is 31.4 Å². The number of nitrogens with one attached hydrogen (secondary N) is 2. The van der Waals surface area contributed by atoms with Crippen molar-refractivity contribution in [3.8, 4) is 0 Å². The normalized spacial score (nSPS) is 28.1. The molecule has 2 bridgehead atoms. The summed E-state index contributed by atoms with van der Waals surface area (Å²) >= 11 is 1.39. The third-order valence-corrected chi connectivity index (χ3v) is 8.63. The van der Waals surface area contributed by atoms with Crippen molar-refractivity contribution in [3.63, 3.8) is 0 Å². The topological polar surface area (TPSA) is 58.2 Å². The average Bonchev–Trinajstić information content (AvgIpc) is 3.35. The molecule has 2 saturated carbocycles. The third kappa shape index (κ3) is 3.61. The Morgan fingerprint density at radius 1 is 1.14 bits per heavy atom. The molecule has 1 aromatic carbocycles. The van der Waals surface area contributed by atoms with Crippen molar-refractivity contribution < 1.29 is 9.59 Å². The van der Waals surface area contributed by atoms with Crippen molar-refractivity contribution in [1.29, 1.82) is 0 Å². The Hall–Kier alpha value is -2.14. The molecule has 2 aromatic rings. The van der Waals surface area contributed by atoms with Crippen LogP contribution in [-0.2, 0) is 11.2 Å². The highest BCUT2D eigenvalue weighted by atomic mass is 32.1. The van der Waals surface area contributed by atoms with Gasteiger partial charge in [0.15, 0.2) is 0 Å². The van der Waals surface area contributed by atoms with Gasteiger partial charge in [0.2, 0.25) is 5.91 Å². The summed E-state index contributed by atoms with van der Waals surface area (Å²) in [6.45, 7) is 7.01. The van der Waals surface area contributed by atoms with E-state index < -0.39 is 6.04 Å². The quantitative estimate of drug-likeness (QED) is 0.741. The maximum Gasteiger partial charge on any atom is 0.262 e. The Bertz CT molecular complexity index is 878. The molecule has 5 heteroatoms. The Labute approximate surface area is 177 Å². The van der Waals surface area contributed by atoms with Crippen LogP contribution in [0.25, 0.3) is 0 Å². The summed E-state index contributed by atoms with van der Waals surface area (Å²) in [5.74, 6) is 0.398. The van der Waals surface area contributed by atoms with E-state index >= 15 is 0 Å². The van der Waals surface area contributed by atoms with E-state index in [1.165, 1.54) is 17.8 Å². The molecule has 4 rings (SSSR count). The first-order valence-electron chi connectivity index (χ1n) is 10.5. The predicted octanol–water partition coefficient (Wildman–Crippen LogP) is 4.42. The van der Waals surface area contributed by atoms with Gasteiger partial charge in [0.05, 0.1) is 4.88 Å². The van der Waals surface area contributed by atoms with Crippen LogP contribution in [0.2, 0.25) is 0 Å². The van der Waals surface area contributed by atoms with E-state index in [9.17, 15) is 9.59 Å². The number of fused-ring (bicyclic) bond motifs is 2. The minimum absolute atomic E-state index is 0.0756. The van der Waals surface area contributed by atoms with Gasteiger partial charge in [-0.3, -0.25) is 9.59 Å².